The van der Waals surface area contributed by atoms with E-state index in [-0.39, 0.29) is 11.9 Å². The minimum Gasteiger partial charge on any atom is -0.481 e. The fraction of sp³-hybridized carbons (Fsp3) is 0.562. The summed E-state index contributed by atoms with van der Waals surface area (Å²) in [6.45, 7) is 6.44. The molecular weight excluding hydrogens is 288 g/mol. The van der Waals surface area contributed by atoms with Crippen molar-refractivity contribution >= 4 is 17.5 Å². The number of rotatable bonds is 8. The van der Waals surface area contributed by atoms with Crippen molar-refractivity contribution in [2.45, 2.75) is 52.2 Å². The van der Waals surface area contributed by atoms with Crippen LogP contribution in [-0.2, 0) is 11.2 Å². The molecule has 0 saturated heterocycles. The van der Waals surface area contributed by atoms with Crippen LogP contribution in [0.15, 0.2) is 18.2 Å². The molecule has 1 aromatic rings. The average Bonchev–Trinajstić information content (AvgIpc) is 2.47. The lowest BCUT2D eigenvalue weighted by Crippen LogP contribution is -2.36. The van der Waals surface area contributed by atoms with Crippen LogP contribution in [0.2, 0.25) is 5.02 Å². The van der Waals surface area contributed by atoms with E-state index in [1.165, 1.54) is 0 Å². The van der Waals surface area contributed by atoms with Crippen LogP contribution < -0.4 is 15.8 Å². The average molecular weight is 313 g/mol. The lowest BCUT2D eigenvalue weighted by atomic mass is 10.0. The number of hydrogen-bond acceptors (Lipinski definition) is 3. The lowest BCUT2D eigenvalue weighted by Gasteiger charge is -2.19. The summed E-state index contributed by atoms with van der Waals surface area (Å²) in [4.78, 5) is 11.9. The highest BCUT2D eigenvalue weighted by molar-refractivity contribution is 6.30. The van der Waals surface area contributed by atoms with Crippen LogP contribution in [0.1, 0.15) is 39.2 Å². The van der Waals surface area contributed by atoms with E-state index in [4.69, 9.17) is 22.1 Å². The Balaban J connectivity index is 2.79. The number of carbonyl (C=O) groups is 1. The normalized spacial score (nSPS) is 13.6. The molecule has 1 aromatic carbocycles. The van der Waals surface area contributed by atoms with Gasteiger partial charge in [-0.15, -0.1) is 0 Å². The zero-order valence-electron chi connectivity index (χ0n) is 13.0. The second-order valence-electron chi connectivity index (χ2n) is 5.18. The molecule has 0 fully saturated rings. The van der Waals surface area contributed by atoms with Crippen molar-refractivity contribution in [2.75, 3.05) is 6.54 Å². The molecule has 3 N–H and O–H groups in total. The summed E-state index contributed by atoms with van der Waals surface area (Å²) in [6.07, 6.45) is 1.90. The van der Waals surface area contributed by atoms with Crippen molar-refractivity contribution in [2.24, 2.45) is 5.73 Å². The molecule has 1 rings (SSSR count). The van der Waals surface area contributed by atoms with E-state index in [9.17, 15) is 4.79 Å². The largest absolute Gasteiger partial charge is 0.481 e. The third kappa shape index (κ3) is 5.94. The molecule has 0 aliphatic carbocycles. The second kappa shape index (κ2) is 8.90. The van der Waals surface area contributed by atoms with E-state index in [2.05, 4.69) is 5.32 Å². The number of amides is 1. The van der Waals surface area contributed by atoms with Gasteiger partial charge in [0, 0.05) is 17.6 Å². The summed E-state index contributed by atoms with van der Waals surface area (Å²) in [5.74, 6) is 0.556. The van der Waals surface area contributed by atoms with Crippen LogP contribution in [0.25, 0.3) is 0 Å². The van der Waals surface area contributed by atoms with Crippen molar-refractivity contribution in [1.82, 2.24) is 5.32 Å². The summed E-state index contributed by atoms with van der Waals surface area (Å²) < 4.78 is 5.78. The molecule has 21 heavy (non-hydrogen) atoms. The zero-order valence-corrected chi connectivity index (χ0v) is 13.7. The van der Waals surface area contributed by atoms with Crippen molar-refractivity contribution in [3.8, 4) is 5.75 Å². The predicted molar refractivity (Wildman–Crippen MR) is 86.8 cm³/mol. The third-order valence-corrected chi connectivity index (χ3v) is 3.49. The summed E-state index contributed by atoms with van der Waals surface area (Å²) in [5.41, 5.74) is 6.94. The Morgan fingerprint density at radius 1 is 1.43 bits per heavy atom. The van der Waals surface area contributed by atoms with Crippen LogP contribution in [0.4, 0.5) is 0 Å². The first kappa shape index (κ1) is 17.8. The minimum atomic E-state index is -0.547. The van der Waals surface area contributed by atoms with Gasteiger partial charge in [-0.2, -0.15) is 0 Å². The minimum absolute atomic E-state index is 0.0510. The Hall–Kier alpha value is -1.26. The number of nitrogens with two attached hydrogens (primary N) is 1. The topological polar surface area (TPSA) is 64.3 Å². The fourth-order valence-corrected chi connectivity index (χ4v) is 2.08. The Morgan fingerprint density at radius 3 is 2.76 bits per heavy atom. The van der Waals surface area contributed by atoms with Crippen LogP contribution in [0.3, 0.4) is 0 Å². The zero-order chi connectivity index (χ0) is 15.8. The first-order valence-corrected chi connectivity index (χ1v) is 7.84. The molecule has 0 spiro atoms. The van der Waals surface area contributed by atoms with Crippen molar-refractivity contribution in [1.29, 1.82) is 0 Å². The quantitative estimate of drug-likeness (QED) is 0.775. The monoisotopic (exact) mass is 312 g/mol. The maximum Gasteiger partial charge on any atom is 0.260 e. The van der Waals surface area contributed by atoms with E-state index in [1.54, 1.807) is 19.1 Å². The first-order valence-electron chi connectivity index (χ1n) is 7.46. The fourth-order valence-electron chi connectivity index (χ4n) is 1.89. The highest BCUT2D eigenvalue weighted by Gasteiger charge is 2.16. The number of hydrogen-bond donors (Lipinski definition) is 2. The molecule has 4 nitrogen and oxygen atoms in total. The number of benzene rings is 1. The van der Waals surface area contributed by atoms with Crippen molar-refractivity contribution in [3.05, 3.63) is 28.8 Å². The highest BCUT2D eigenvalue weighted by Crippen LogP contribution is 2.25. The molecule has 0 aromatic heterocycles. The van der Waals surface area contributed by atoms with E-state index < -0.39 is 6.10 Å². The smallest absolute Gasteiger partial charge is 0.260 e. The summed E-state index contributed by atoms with van der Waals surface area (Å²) >= 11 is 6.04. The first-order chi connectivity index (χ1) is 9.97. The Bertz CT molecular complexity index is 466. The van der Waals surface area contributed by atoms with Crippen LogP contribution in [0.5, 0.6) is 5.75 Å². The van der Waals surface area contributed by atoms with Crippen molar-refractivity contribution < 1.29 is 9.53 Å². The molecular formula is C16H25ClN2O2. The Labute approximate surface area is 132 Å². The molecule has 0 bridgehead atoms. The van der Waals surface area contributed by atoms with Gasteiger partial charge in [-0.1, -0.05) is 25.4 Å². The lowest BCUT2D eigenvalue weighted by molar-refractivity contribution is -0.127. The van der Waals surface area contributed by atoms with Crippen LogP contribution in [0, 0.1) is 0 Å². The van der Waals surface area contributed by atoms with Gasteiger partial charge in [-0.05, 0) is 49.9 Å². The second-order valence-corrected chi connectivity index (χ2v) is 5.61. The van der Waals surface area contributed by atoms with Gasteiger partial charge in [0.2, 0.25) is 0 Å². The number of ether oxygens (including phenoxy) is 1. The van der Waals surface area contributed by atoms with Gasteiger partial charge in [0.1, 0.15) is 5.75 Å². The number of carbonyl (C=O) groups excluding carboxylic acids is 1. The van der Waals surface area contributed by atoms with E-state index in [1.807, 2.05) is 19.9 Å². The molecule has 0 radical (unpaired) electrons. The van der Waals surface area contributed by atoms with Gasteiger partial charge in [0.15, 0.2) is 6.10 Å². The molecule has 0 aliphatic rings. The summed E-state index contributed by atoms with van der Waals surface area (Å²) in [6, 6.07) is 5.45. The molecule has 1 amide bonds. The van der Waals surface area contributed by atoms with E-state index in [0.29, 0.717) is 23.7 Å². The molecule has 5 heteroatoms. The Kier molecular flexibility index (Phi) is 7.54. The Morgan fingerprint density at radius 2 is 2.14 bits per heavy atom. The maximum absolute atomic E-state index is 11.9. The standard InChI is InChI=1S/C16H25ClN2O2/c1-4-8-19-16(20)11(3)21-15-7-6-13(17)9-12(15)10-14(18)5-2/h6-7,9,11,14H,4-5,8,10,18H2,1-3H3,(H,19,20). The molecule has 0 heterocycles. The van der Waals surface area contributed by atoms with Gasteiger partial charge >= 0.3 is 0 Å². The van der Waals surface area contributed by atoms with E-state index in [0.717, 1.165) is 18.4 Å². The number of halogens is 1. The van der Waals surface area contributed by atoms with Gasteiger partial charge in [-0.25, -0.2) is 0 Å². The molecule has 2 unspecified atom stereocenters. The van der Waals surface area contributed by atoms with Crippen molar-refractivity contribution in [3.63, 3.8) is 0 Å². The summed E-state index contributed by atoms with van der Waals surface area (Å²) in [7, 11) is 0. The van der Waals surface area contributed by atoms with E-state index >= 15 is 0 Å². The van der Waals surface area contributed by atoms with Gasteiger partial charge in [0.25, 0.3) is 5.91 Å². The number of nitrogens with one attached hydrogen (secondary N) is 1. The summed E-state index contributed by atoms with van der Waals surface area (Å²) in [5, 5.41) is 3.46. The van der Waals surface area contributed by atoms with Crippen LogP contribution >= 0.6 is 11.6 Å². The predicted octanol–water partition coefficient (Wildman–Crippen LogP) is 2.91. The van der Waals surface area contributed by atoms with Gasteiger partial charge in [-0.3, -0.25) is 4.79 Å². The molecule has 2 atom stereocenters. The maximum atomic E-state index is 11.9. The van der Waals surface area contributed by atoms with Crippen LogP contribution in [-0.4, -0.2) is 24.6 Å². The third-order valence-electron chi connectivity index (χ3n) is 3.25. The molecule has 0 aliphatic heterocycles. The molecule has 118 valence electrons. The highest BCUT2D eigenvalue weighted by atomic mass is 35.5. The van der Waals surface area contributed by atoms with Gasteiger partial charge < -0.3 is 15.8 Å². The SMILES string of the molecule is CCCNC(=O)C(C)Oc1ccc(Cl)cc1CC(N)CC. The molecule has 0 saturated carbocycles. The van der Waals surface area contributed by atoms with Gasteiger partial charge in [0.05, 0.1) is 0 Å².